The molecule has 0 unspecified atom stereocenters. The topological polar surface area (TPSA) is 15.3 Å². The van der Waals surface area contributed by atoms with E-state index in [1.807, 2.05) is 7.05 Å². The van der Waals surface area contributed by atoms with Gasteiger partial charge in [0, 0.05) is 13.1 Å². The predicted molar refractivity (Wildman–Crippen MR) is 43.9 cm³/mol. The van der Waals surface area contributed by atoms with E-state index in [-0.39, 0.29) is 0 Å². The molecule has 1 rings (SSSR count). The summed E-state index contributed by atoms with van der Waals surface area (Å²) in [6.07, 6.45) is 4.95. The lowest BCUT2D eigenvalue weighted by Crippen LogP contribution is -2.35. The Kier molecular flexibility index (Phi) is 3.76. The molecule has 59 valence electrons. The first-order valence-electron chi connectivity index (χ1n) is 4.12. The molecule has 2 heteroatoms. The lowest BCUT2D eigenvalue weighted by atomic mass is 10.1. The Morgan fingerprint density at radius 3 is 2.70 bits per heavy atom. The first-order chi connectivity index (χ1) is 4.93. The first-order valence-corrected chi connectivity index (χ1v) is 4.12. The van der Waals surface area contributed by atoms with Gasteiger partial charge in [0.2, 0.25) is 0 Å². The van der Waals surface area contributed by atoms with Gasteiger partial charge in [-0.3, -0.25) is 0 Å². The van der Waals surface area contributed by atoms with Crippen molar-refractivity contribution < 1.29 is 0 Å². The van der Waals surface area contributed by atoms with Crippen molar-refractivity contribution in [3.63, 3.8) is 0 Å². The SMILES string of the molecule is CNCCN1CC[CH]CC1. The molecule has 0 bridgehead atoms. The average molecular weight is 141 g/mol. The van der Waals surface area contributed by atoms with Crippen LogP contribution in [0, 0.1) is 6.42 Å². The quantitative estimate of drug-likeness (QED) is 0.616. The molecule has 2 nitrogen and oxygen atoms in total. The molecule has 10 heavy (non-hydrogen) atoms. The Morgan fingerprint density at radius 1 is 1.40 bits per heavy atom. The summed E-state index contributed by atoms with van der Waals surface area (Å²) in [4.78, 5) is 2.51. The van der Waals surface area contributed by atoms with E-state index >= 15 is 0 Å². The summed E-state index contributed by atoms with van der Waals surface area (Å²) in [6, 6.07) is 0. The van der Waals surface area contributed by atoms with Crippen molar-refractivity contribution in [3.8, 4) is 0 Å². The number of rotatable bonds is 3. The molecular weight excluding hydrogens is 124 g/mol. The Hall–Kier alpha value is -0.0800. The van der Waals surface area contributed by atoms with E-state index in [0.717, 1.165) is 6.54 Å². The molecule has 0 amide bonds. The van der Waals surface area contributed by atoms with Gasteiger partial charge in [0.05, 0.1) is 0 Å². The smallest absolute Gasteiger partial charge is 0.0107 e. The number of hydrogen-bond acceptors (Lipinski definition) is 2. The van der Waals surface area contributed by atoms with Gasteiger partial charge in [0.1, 0.15) is 0 Å². The number of likely N-dealkylation sites (tertiary alicyclic amines) is 1. The molecule has 0 saturated carbocycles. The zero-order valence-electron chi connectivity index (χ0n) is 6.77. The molecule has 0 spiro atoms. The van der Waals surface area contributed by atoms with Gasteiger partial charge in [0.15, 0.2) is 0 Å². The Labute approximate surface area is 63.6 Å². The van der Waals surface area contributed by atoms with Crippen molar-refractivity contribution in [1.82, 2.24) is 10.2 Å². The molecule has 1 fully saturated rings. The van der Waals surface area contributed by atoms with E-state index in [1.165, 1.54) is 32.5 Å². The lowest BCUT2D eigenvalue weighted by molar-refractivity contribution is 0.256. The van der Waals surface area contributed by atoms with Crippen LogP contribution >= 0.6 is 0 Å². The Morgan fingerprint density at radius 2 is 2.10 bits per heavy atom. The van der Waals surface area contributed by atoms with Gasteiger partial charge in [-0.25, -0.2) is 0 Å². The highest BCUT2D eigenvalue weighted by atomic mass is 15.1. The lowest BCUT2D eigenvalue weighted by Gasteiger charge is -2.25. The predicted octanol–water partition coefficient (Wildman–Crippen LogP) is 0.506. The van der Waals surface area contributed by atoms with Crippen LogP contribution in [-0.2, 0) is 0 Å². The van der Waals surface area contributed by atoms with Crippen molar-refractivity contribution in [2.45, 2.75) is 12.8 Å². The minimum absolute atomic E-state index is 1.12. The van der Waals surface area contributed by atoms with Crippen LogP contribution in [0.4, 0.5) is 0 Å². The summed E-state index contributed by atoms with van der Waals surface area (Å²) in [5, 5.41) is 3.16. The third kappa shape index (κ3) is 2.67. The van der Waals surface area contributed by atoms with Crippen LogP contribution in [0.1, 0.15) is 12.8 Å². The zero-order chi connectivity index (χ0) is 7.23. The monoisotopic (exact) mass is 141 g/mol. The maximum Gasteiger partial charge on any atom is 0.0107 e. The van der Waals surface area contributed by atoms with Crippen LogP contribution in [-0.4, -0.2) is 38.1 Å². The highest BCUT2D eigenvalue weighted by Crippen LogP contribution is 2.05. The minimum atomic E-state index is 1.12. The van der Waals surface area contributed by atoms with Crippen LogP contribution in [0.3, 0.4) is 0 Å². The summed E-state index contributed by atoms with van der Waals surface area (Å²) < 4.78 is 0. The number of hydrogen-bond donors (Lipinski definition) is 1. The first kappa shape index (κ1) is 8.02. The normalized spacial score (nSPS) is 21.3. The fraction of sp³-hybridized carbons (Fsp3) is 0.875. The Bertz CT molecular complexity index is 77.3. The van der Waals surface area contributed by atoms with Crippen molar-refractivity contribution in [3.05, 3.63) is 6.42 Å². The van der Waals surface area contributed by atoms with E-state index in [1.54, 1.807) is 0 Å². The fourth-order valence-electron chi connectivity index (χ4n) is 1.30. The summed E-state index contributed by atoms with van der Waals surface area (Å²) in [5.41, 5.74) is 0. The number of nitrogens with one attached hydrogen (secondary N) is 1. The van der Waals surface area contributed by atoms with E-state index in [0.29, 0.717) is 0 Å². The molecule has 1 radical (unpaired) electrons. The molecule has 0 aromatic rings. The molecule has 1 aliphatic heterocycles. The van der Waals surface area contributed by atoms with Crippen LogP contribution in [0.2, 0.25) is 0 Å². The second-order valence-electron chi connectivity index (χ2n) is 2.81. The fourth-order valence-corrected chi connectivity index (χ4v) is 1.30. The van der Waals surface area contributed by atoms with Crippen LogP contribution < -0.4 is 5.32 Å². The largest absolute Gasteiger partial charge is 0.318 e. The molecule has 0 aromatic heterocycles. The van der Waals surface area contributed by atoms with Gasteiger partial charge in [-0.05, 0) is 39.4 Å². The number of piperidine rings is 1. The molecule has 1 heterocycles. The second kappa shape index (κ2) is 4.69. The van der Waals surface area contributed by atoms with Crippen molar-refractivity contribution in [2.75, 3.05) is 33.2 Å². The van der Waals surface area contributed by atoms with Gasteiger partial charge in [-0.2, -0.15) is 0 Å². The Balaban J connectivity index is 2.02. The number of nitrogens with zero attached hydrogens (tertiary/aromatic N) is 1. The third-order valence-corrected chi connectivity index (χ3v) is 1.98. The molecule has 0 aromatic carbocycles. The standard InChI is InChI=1S/C8H17N2/c1-9-5-8-10-6-3-2-4-7-10/h2,9H,3-8H2,1H3. The van der Waals surface area contributed by atoms with Crippen molar-refractivity contribution in [1.29, 1.82) is 0 Å². The average Bonchev–Trinajstić information content (AvgIpc) is 2.03. The maximum absolute atomic E-state index is 3.16. The van der Waals surface area contributed by atoms with Crippen molar-refractivity contribution in [2.24, 2.45) is 0 Å². The van der Waals surface area contributed by atoms with E-state index < -0.39 is 0 Å². The third-order valence-electron chi connectivity index (χ3n) is 1.98. The van der Waals surface area contributed by atoms with Gasteiger partial charge in [-0.15, -0.1) is 0 Å². The number of likely N-dealkylation sites (N-methyl/N-ethyl adjacent to an activating group) is 1. The van der Waals surface area contributed by atoms with Crippen LogP contribution in [0.25, 0.3) is 0 Å². The molecule has 0 atom stereocenters. The maximum atomic E-state index is 3.16. The minimum Gasteiger partial charge on any atom is -0.318 e. The van der Waals surface area contributed by atoms with Gasteiger partial charge in [-0.1, -0.05) is 0 Å². The summed E-state index contributed by atoms with van der Waals surface area (Å²) in [7, 11) is 2.01. The molecule has 1 saturated heterocycles. The molecular formula is C8H17N2. The van der Waals surface area contributed by atoms with Gasteiger partial charge >= 0.3 is 0 Å². The molecule has 1 N–H and O–H groups in total. The van der Waals surface area contributed by atoms with Gasteiger partial charge in [0.25, 0.3) is 0 Å². The highest BCUT2D eigenvalue weighted by Gasteiger charge is 2.07. The molecule has 1 aliphatic rings. The van der Waals surface area contributed by atoms with E-state index in [9.17, 15) is 0 Å². The van der Waals surface area contributed by atoms with Crippen molar-refractivity contribution >= 4 is 0 Å². The summed E-state index contributed by atoms with van der Waals surface area (Å²) >= 11 is 0. The summed E-state index contributed by atoms with van der Waals surface area (Å²) in [6.45, 7) is 4.87. The summed E-state index contributed by atoms with van der Waals surface area (Å²) in [5.74, 6) is 0. The van der Waals surface area contributed by atoms with E-state index in [2.05, 4.69) is 16.6 Å². The second-order valence-corrected chi connectivity index (χ2v) is 2.81. The highest BCUT2D eigenvalue weighted by molar-refractivity contribution is 4.76. The van der Waals surface area contributed by atoms with Gasteiger partial charge < -0.3 is 10.2 Å². The van der Waals surface area contributed by atoms with Crippen LogP contribution in [0.15, 0.2) is 0 Å². The van der Waals surface area contributed by atoms with Crippen LogP contribution in [0.5, 0.6) is 0 Å². The molecule has 0 aliphatic carbocycles. The van der Waals surface area contributed by atoms with E-state index in [4.69, 9.17) is 0 Å². The zero-order valence-corrected chi connectivity index (χ0v) is 6.77.